The Labute approximate surface area is 166 Å². The normalized spacial score (nSPS) is 11.3. The number of hydrogen-bond acceptors (Lipinski definition) is 1. The lowest BCUT2D eigenvalue weighted by atomic mass is 9.98. The van der Waals surface area contributed by atoms with Gasteiger partial charge in [0.25, 0.3) is 0 Å². The summed E-state index contributed by atoms with van der Waals surface area (Å²) in [6.07, 6.45) is 17.7. The third kappa shape index (κ3) is 15.5. The molecule has 0 atom stereocenters. The lowest BCUT2D eigenvalue weighted by molar-refractivity contribution is 0.370. The fourth-order valence-electron chi connectivity index (χ4n) is 3.37. The summed E-state index contributed by atoms with van der Waals surface area (Å²) >= 11 is 0. The van der Waals surface area contributed by atoms with Crippen LogP contribution in [0.1, 0.15) is 111 Å². The van der Waals surface area contributed by atoms with E-state index in [4.69, 9.17) is 0 Å². The van der Waals surface area contributed by atoms with E-state index in [-0.39, 0.29) is 0 Å². The van der Waals surface area contributed by atoms with Crippen molar-refractivity contribution in [1.29, 1.82) is 0 Å². The van der Waals surface area contributed by atoms with E-state index in [2.05, 4.69) is 52.8 Å². The molecular weight excluding hydrogens is 314 g/mol. The third-order valence-corrected chi connectivity index (χ3v) is 5.49. The van der Waals surface area contributed by atoms with Gasteiger partial charge in [-0.25, -0.2) is 0 Å². The molecule has 0 unspecified atom stereocenters. The second-order valence-electron chi connectivity index (χ2n) is 9.04. The Morgan fingerprint density at radius 3 is 1.54 bits per heavy atom. The molecule has 0 aromatic rings. The molecule has 0 aliphatic heterocycles. The van der Waals surface area contributed by atoms with E-state index in [1.165, 1.54) is 94.9 Å². The Bertz CT molecular complexity index is 353. The second kappa shape index (κ2) is 16.5. The van der Waals surface area contributed by atoms with Crippen LogP contribution in [-0.2, 0) is 0 Å². The molecule has 0 radical (unpaired) electrons. The smallest absolute Gasteiger partial charge is 0.0171 e. The Kier molecular flexibility index (Phi) is 16.0. The van der Waals surface area contributed by atoms with E-state index in [1.54, 1.807) is 0 Å². The molecule has 0 fully saturated rings. The van der Waals surface area contributed by atoms with Gasteiger partial charge >= 0.3 is 0 Å². The number of unbranched alkanes of at least 4 members (excludes halogenated alkanes) is 10. The summed E-state index contributed by atoms with van der Waals surface area (Å²) in [4.78, 5) is 2.36. The van der Waals surface area contributed by atoms with E-state index >= 15 is 0 Å². The number of rotatable bonds is 18. The molecule has 0 N–H and O–H groups in total. The summed E-state index contributed by atoms with van der Waals surface area (Å²) in [6.45, 7) is 18.6. The Morgan fingerprint density at radius 2 is 1.12 bits per heavy atom. The minimum absolute atomic E-state index is 0.661. The van der Waals surface area contributed by atoms with Crippen LogP contribution in [0.5, 0.6) is 0 Å². The zero-order valence-electron chi connectivity index (χ0n) is 18.9. The molecule has 0 amide bonds. The number of hydrogen-bond donors (Lipinski definition) is 0. The average Bonchev–Trinajstić information content (AvgIpc) is 2.57. The molecule has 0 rings (SSSR count). The van der Waals surface area contributed by atoms with Gasteiger partial charge in [-0.3, -0.25) is 0 Å². The molecule has 1 heteroatoms. The number of allylic oxidation sites excluding steroid dienone is 2. The molecule has 1 nitrogen and oxygen atoms in total. The van der Waals surface area contributed by atoms with E-state index in [0.29, 0.717) is 11.8 Å². The quantitative estimate of drug-likeness (QED) is 0.174. The number of nitrogens with zero attached hydrogens (tertiary/aromatic N) is 1. The van der Waals surface area contributed by atoms with Crippen LogP contribution in [0.4, 0.5) is 0 Å². The van der Waals surface area contributed by atoms with Crippen LogP contribution >= 0.6 is 0 Å². The standard InChI is InChI=1S/C25H49N/c1-22(2)21-25(6)26(7)20-18-16-14-12-10-8-9-11-13-15-17-19-24(5)23(3)4/h22-23H,5-6,8-21H2,1-4,7H3. The van der Waals surface area contributed by atoms with Gasteiger partial charge < -0.3 is 4.90 Å². The molecule has 0 spiro atoms. The van der Waals surface area contributed by atoms with Crippen molar-refractivity contribution in [2.75, 3.05) is 13.6 Å². The first-order valence-corrected chi connectivity index (χ1v) is 11.4. The lowest BCUT2D eigenvalue weighted by Gasteiger charge is -2.23. The molecule has 0 aromatic heterocycles. The molecule has 0 aromatic carbocycles. The highest BCUT2D eigenvalue weighted by Crippen LogP contribution is 2.17. The minimum atomic E-state index is 0.661. The van der Waals surface area contributed by atoms with Gasteiger partial charge in [-0.2, -0.15) is 0 Å². The van der Waals surface area contributed by atoms with Crippen LogP contribution in [-0.4, -0.2) is 18.5 Å². The summed E-state index contributed by atoms with van der Waals surface area (Å²) < 4.78 is 0. The van der Waals surface area contributed by atoms with Crippen LogP contribution in [0.25, 0.3) is 0 Å². The zero-order chi connectivity index (χ0) is 19.8. The van der Waals surface area contributed by atoms with Crippen molar-refractivity contribution in [3.05, 3.63) is 24.4 Å². The van der Waals surface area contributed by atoms with E-state index < -0.39 is 0 Å². The minimum Gasteiger partial charge on any atom is -0.378 e. The molecule has 0 aliphatic carbocycles. The van der Waals surface area contributed by atoms with Crippen LogP contribution in [0.3, 0.4) is 0 Å². The first-order valence-electron chi connectivity index (χ1n) is 11.4. The van der Waals surface area contributed by atoms with Gasteiger partial charge in [0.1, 0.15) is 0 Å². The van der Waals surface area contributed by atoms with Crippen molar-refractivity contribution >= 4 is 0 Å². The Hall–Kier alpha value is -0.720. The highest BCUT2D eigenvalue weighted by molar-refractivity contribution is 4.96. The fraction of sp³-hybridized carbons (Fsp3) is 0.840. The van der Waals surface area contributed by atoms with E-state index in [1.807, 2.05) is 0 Å². The molecule has 154 valence electrons. The maximum absolute atomic E-state index is 4.21. The molecule has 0 aliphatic rings. The topological polar surface area (TPSA) is 3.24 Å². The van der Waals surface area contributed by atoms with Crippen molar-refractivity contribution in [2.45, 2.75) is 111 Å². The van der Waals surface area contributed by atoms with Gasteiger partial charge in [0.05, 0.1) is 0 Å². The average molecular weight is 364 g/mol. The fourth-order valence-corrected chi connectivity index (χ4v) is 3.37. The summed E-state index contributed by atoms with van der Waals surface area (Å²) in [7, 11) is 2.20. The molecule has 26 heavy (non-hydrogen) atoms. The van der Waals surface area contributed by atoms with Gasteiger partial charge in [-0.05, 0) is 37.5 Å². The summed E-state index contributed by atoms with van der Waals surface area (Å²) in [6, 6.07) is 0. The maximum Gasteiger partial charge on any atom is 0.0171 e. The summed E-state index contributed by atoms with van der Waals surface area (Å²) in [5, 5.41) is 0. The molecule has 0 bridgehead atoms. The molecule has 0 heterocycles. The van der Waals surface area contributed by atoms with Gasteiger partial charge in [-0.1, -0.05) is 104 Å². The SMILES string of the molecule is C=C(CCCCCCCCCCCCCN(C)C(=C)CC(C)C)C(C)C. The van der Waals surface area contributed by atoms with Crippen molar-refractivity contribution in [2.24, 2.45) is 11.8 Å². The first kappa shape index (κ1) is 25.3. The maximum atomic E-state index is 4.21. The largest absolute Gasteiger partial charge is 0.378 e. The van der Waals surface area contributed by atoms with Crippen molar-refractivity contribution in [3.8, 4) is 0 Å². The Balaban J connectivity index is 3.29. The summed E-state index contributed by atoms with van der Waals surface area (Å²) in [5.41, 5.74) is 2.73. The third-order valence-electron chi connectivity index (χ3n) is 5.49. The molecule has 0 saturated heterocycles. The van der Waals surface area contributed by atoms with Crippen LogP contribution < -0.4 is 0 Å². The van der Waals surface area contributed by atoms with Crippen molar-refractivity contribution in [3.63, 3.8) is 0 Å². The van der Waals surface area contributed by atoms with Gasteiger partial charge in [0.15, 0.2) is 0 Å². The highest BCUT2D eigenvalue weighted by Gasteiger charge is 2.04. The second-order valence-corrected chi connectivity index (χ2v) is 9.04. The summed E-state index contributed by atoms with van der Waals surface area (Å²) in [5.74, 6) is 1.37. The van der Waals surface area contributed by atoms with Crippen molar-refractivity contribution in [1.82, 2.24) is 4.90 Å². The Morgan fingerprint density at radius 1 is 0.692 bits per heavy atom. The van der Waals surface area contributed by atoms with Gasteiger partial charge in [0.2, 0.25) is 0 Å². The van der Waals surface area contributed by atoms with E-state index in [9.17, 15) is 0 Å². The predicted molar refractivity (Wildman–Crippen MR) is 121 cm³/mol. The molecule has 0 saturated carbocycles. The first-order chi connectivity index (χ1) is 12.3. The van der Waals surface area contributed by atoms with E-state index in [0.717, 1.165) is 6.42 Å². The van der Waals surface area contributed by atoms with Gasteiger partial charge in [-0.15, -0.1) is 0 Å². The lowest BCUT2D eigenvalue weighted by Crippen LogP contribution is -2.19. The van der Waals surface area contributed by atoms with Crippen molar-refractivity contribution < 1.29 is 0 Å². The molecular formula is C25H49N. The van der Waals surface area contributed by atoms with Crippen LogP contribution in [0, 0.1) is 11.8 Å². The van der Waals surface area contributed by atoms with Crippen LogP contribution in [0.2, 0.25) is 0 Å². The van der Waals surface area contributed by atoms with Gasteiger partial charge in [0, 0.05) is 19.3 Å². The monoisotopic (exact) mass is 363 g/mol. The predicted octanol–water partition coefficient (Wildman–Crippen LogP) is 8.37. The highest BCUT2D eigenvalue weighted by atomic mass is 15.1. The zero-order valence-corrected chi connectivity index (χ0v) is 18.9. The van der Waals surface area contributed by atoms with Crippen LogP contribution in [0.15, 0.2) is 24.4 Å².